The Morgan fingerprint density at radius 3 is 2.66 bits per heavy atom. The predicted molar refractivity (Wildman–Crippen MR) is 112 cm³/mol. The first-order valence-corrected chi connectivity index (χ1v) is 11.0. The number of piperidine rings is 1. The van der Waals surface area contributed by atoms with Crippen LogP contribution in [0.2, 0.25) is 0 Å². The number of aliphatic hydroxyl groups excluding tert-OH is 1. The molecule has 1 aromatic heterocycles. The summed E-state index contributed by atoms with van der Waals surface area (Å²) in [4.78, 5) is 34.0. The summed E-state index contributed by atoms with van der Waals surface area (Å²) >= 11 is 0. The molecule has 3 aliphatic rings. The summed E-state index contributed by atoms with van der Waals surface area (Å²) in [6, 6.07) is 4.22. The van der Waals surface area contributed by atoms with E-state index in [4.69, 9.17) is 0 Å². The Labute approximate surface area is 172 Å². The van der Waals surface area contributed by atoms with E-state index in [0.29, 0.717) is 17.4 Å². The third-order valence-corrected chi connectivity index (χ3v) is 6.47. The monoisotopic (exact) mass is 397 g/mol. The Morgan fingerprint density at radius 2 is 1.86 bits per heavy atom. The highest BCUT2D eigenvalue weighted by atomic mass is 16.3. The molecule has 1 saturated heterocycles. The largest absolute Gasteiger partial charge is 0.390 e. The number of ketones is 1. The van der Waals surface area contributed by atoms with Gasteiger partial charge in [-0.25, -0.2) is 0 Å². The van der Waals surface area contributed by atoms with E-state index in [1.807, 2.05) is 11.0 Å². The first-order valence-electron chi connectivity index (χ1n) is 11.0. The topological polar surface area (TPSA) is 73.7 Å². The lowest BCUT2D eigenvalue weighted by Crippen LogP contribution is -2.50. The number of carbonyl (C=O) groups is 2. The Balaban J connectivity index is 1.50. The molecule has 1 aliphatic carbocycles. The molecule has 1 N–H and O–H groups in total. The molecule has 1 amide bonds. The highest BCUT2D eigenvalue weighted by Crippen LogP contribution is 2.31. The summed E-state index contributed by atoms with van der Waals surface area (Å²) in [6.45, 7) is 1.77. The molecule has 29 heavy (non-hydrogen) atoms. The van der Waals surface area contributed by atoms with Gasteiger partial charge in [-0.15, -0.1) is 0 Å². The van der Waals surface area contributed by atoms with E-state index >= 15 is 0 Å². The molecule has 0 aromatic carbocycles. The van der Waals surface area contributed by atoms with Crippen molar-refractivity contribution >= 4 is 17.4 Å². The van der Waals surface area contributed by atoms with Gasteiger partial charge in [0.2, 0.25) is 5.91 Å². The highest BCUT2D eigenvalue weighted by molar-refractivity contribution is 6.09. The third-order valence-electron chi connectivity index (χ3n) is 6.47. The number of likely N-dealkylation sites (tertiary alicyclic amines) is 1. The molecule has 6 nitrogen and oxygen atoms in total. The average molecular weight is 398 g/mol. The number of hydrogen-bond donors (Lipinski definition) is 1. The normalized spacial score (nSPS) is 25.8. The average Bonchev–Trinajstić information content (AvgIpc) is 2.81. The van der Waals surface area contributed by atoms with Crippen LogP contribution in [0, 0.1) is 0 Å². The number of allylic oxidation sites excluding steroid dienone is 1. The Hall–Kier alpha value is -2.05. The van der Waals surface area contributed by atoms with Crippen molar-refractivity contribution in [2.75, 3.05) is 18.0 Å². The maximum absolute atomic E-state index is 12.9. The molecule has 3 heterocycles. The Kier molecular flexibility index (Phi) is 6.40. The summed E-state index contributed by atoms with van der Waals surface area (Å²) in [5, 5.41) is 9.39. The second-order valence-electron chi connectivity index (χ2n) is 8.48. The lowest BCUT2D eigenvalue weighted by atomic mass is 9.96. The van der Waals surface area contributed by atoms with Gasteiger partial charge in [-0.05, 0) is 44.2 Å². The van der Waals surface area contributed by atoms with Crippen LogP contribution in [0.1, 0.15) is 62.8 Å². The number of hydrogen-bond acceptors (Lipinski definition) is 5. The Bertz CT molecular complexity index is 784. The molecule has 6 heteroatoms. The zero-order chi connectivity index (χ0) is 20.2. The lowest BCUT2D eigenvalue weighted by molar-refractivity contribution is -0.126. The van der Waals surface area contributed by atoms with Gasteiger partial charge < -0.3 is 10.0 Å². The molecule has 1 unspecified atom stereocenters. The molecule has 0 spiro atoms. The van der Waals surface area contributed by atoms with Crippen LogP contribution in [-0.4, -0.2) is 51.9 Å². The summed E-state index contributed by atoms with van der Waals surface area (Å²) in [5.41, 5.74) is 1.91. The van der Waals surface area contributed by atoms with Crippen molar-refractivity contribution < 1.29 is 14.7 Å². The van der Waals surface area contributed by atoms with Crippen molar-refractivity contribution in [2.24, 2.45) is 0 Å². The van der Waals surface area contributed by atoms with Crippen molar-refractivity contribution in [3.05, 3.63) is 35.7 Å². The fourth-order valence-electron chi connectivity index (χ4n) is 4.94. The first kappa shape index (κ1) is 20.2. The van der Waals surface area contributed by atoms with Crippen molar-refractivity contribution in [2.45, 2.75) is 76.5 Å². The van der Waals surface area contributed by atoms with Crippen LogP contribution < -0.4 is 4.90 Å². The maximum atomic E-state index is 12.9. The van der Waals surface area contributed by atoms with Crippen molar-refractivity contribution in [1.29, 1.82) is 0 Å². The number of carbonyl (C=O) groups excluding carboxylic acids is 2. The van der Waals surface area contributed by atoms with Gasteiger partial charge in [-0.2, -0.15) is 0 Å². The second-order valence-corrected chi connectivity index (χ2v) is 8.48. The van der Waals surface area contributed by atoms with E-state index in [-0.39, 0.29) is 37.2 Å². The van der Waals surface area contributed by atoms with Crippen LogP contribution in [0.3, 0.4) is 0 Å². The van der Waals surface area contributed by atoms with Gasteiger partial charge in [0, 0.05) is 25.2 Å². The molecule has 1 fully saturated rings. The van der Waals surface area contributed by atoms with E-state index in [0.717, 1.165) is 31.6 Å². The van der Waals surface area contributed by atoms with Gasteiger partial charge in [0.05, 0.1) is 36.5 Å². The molecule has 156 valence electrons. The van der Waals surface area contributed by atoms with E-state index in [2.05, 4.69) is 22.0 Å². The maximum Gasteiger partial charge on any atom is 0.234 e. The van der Waals surface area contributed by atoms with Gasteiger partial charge >= 0.3 is 0 Å². The van der Waals surface area contributed by atoms with Crippen LogP contribution in [0.25, 0.3) is 0 Å². The second kappa shape index (κ2) is 9.18. The van der Waals surface area contributed by atoms with Crippen LogP contribution in [0.4, 0.5) is 5.69 Å². The van der Waals surface area contributed by atoms with Crippen molar-refractivity contribution in [1.82, 2.24) is 9.88 Å². The predicted octanol–water partition coefficient (Wildman–Crippen LogP) is 2.78. The molecule has 0 saturated carbocycles. The molecular formula is C23H31N3O3. The first-order chi connectivity index (χ1) is 14.2. The molecule has 0 radical (unpaired) electrons. The summed E-state index contributed by atoms with van der Waals surface area (Å²) in [5.74, 6) is -0.213. The summed E-state index contributed by atoms with van der Waals surface area (Å²) in [7, 11) is 0. The molecule has 2 aliphatic heterocycles. The molecule has 1 aromatic rings. The van der Waals surface area contributed by atoms with E-state index in [1.54, 1.807) is 6.07 Å². The van der Waals surface area contributed by atoms with Crippen LogP contribution >= 0.6 is 0 Å². The smallest absolute Gasteiger partial charge is 0.234 e. The molecule has 4 rings (SSSR count). The number of aromatic nitrogens is 1. The zero-order valence-corrected chi connectivity index (χ0v) is 17.1. The third kappa shape index (κ3) is 4.59. The number of pyridine rings is 1. The molecule has 1 atom stereocenters. The summed E-state index contributed by atoms with van der Waals surface area (Å²) in [6.07, 6.45) is 12.9. The number of Topliss-reactive ketones (excluding diaryl/α,β-unsaturated/α-hetero) is 1. The minimum atomic E-state index is -0.164. The van der Waals surface area contributed by atoms with Gasteiger partial charge in [0.25, 0.3) is 0 Å². The number of amides is 1. The minimum absolute atomic E-state index is 0.0591. The van der Waals surface area contributed by atoms with Gasteiger partial charge in [-0.1, -0.05) is 25.0 Å². The Morgan fingerprint density at radius 1 is 1.03 bits per heavy atom. The lowest BCUT2D eigenvalue weighted by Gasteiger charge is -2.41. The molecule has 0 bridgehead atoms. The SMILES string of the molecule is O=C1CC(=O)N(C2CCN(C3/C=C\CCCCC3)CC2)c2ccc(CO)nc2C1. The van der Waals surface area contributed by atoms with Gasteiger partial charge in [0.15, 0.2) is 0 Å². The minimum Gasteiger partial charge on any atom is -0.390 e. The zero-order valence-electron chi connectivity index (χ0n) is 17.1. The fourth-order valence-corrected chi connectivity index (χ4v) is 4.94. The van der Waals surface area contributed by atoms with Crippen LogP contribution in [0.15, 0.2) is 24.3 Å². The number of nitrogens with zero attached hydrogens (tertiary/aromatic N) is 3. The van der Waals surface area contributed by atoms with E-state index in [9.17, 15) is 14.7 Å². The van der Waals surface area contributed by atoms with Gasteiger partial charge in [0.1, 0.15) is 5.78 Å². The number of anilines is 1. The number of rotatable bonds is 3. The van der Waals surface area contributed by atoms with Crippen molar-refractivity contribution in [3.8, 4) is 0 Å². The highest BCUT2D eigenvalue weighted by Gasteiger charge is 2.35. The van der Waals surface area contributed by atoms with Crippen molar-refractivity contribution in [3.63, 3.8) is 0 Å². The van der Waals surface area contributed by atoms with Crippen LogP contribution in [-0.2, 0) is 22.6 Å². The van der Waals surface area contributed by atoms with Gasteiger partial charge in [-0.3, -0.25) is 19.5 Å². The van der Waals surface area contributed by atoms with Crippen LogP contribution in [0.5, 0.6) is 0 Å². The fraction of sp³-hybridized carbons (Fsp3) is 0.609. The molecular weight excluding hydrogens is 366 g/mol. The van der Waals surface area contributed by atoms with E-state index in [1.165, 1.54) is 32.1 Å². The standard InChI is InChI=1S/C23H31N3O3/c27-16-17-8-9-22-21(24-17)14-20(28)15-23(29)26(22)19-10-12-25(13-11-19)18-6-4-2-1-3-5-7-18/h4,6,8-9,18-19,27H,1-3,5,7,10-16H2/b6-4-. The van der Waals surface area contributed by atoms with E-state index < -0.39 is 0 Å². The number of aliphatic hydroxyl groups is 1. The number of fused-ring (bicyclic) bond motifs is 1. The summed E-state index contributed by atoms with van der Waals surface area (Å²) < 4.78 is 0. The quantitative estimate of drug-likeness (QED) is 0.627.